The number of rotatable bonds is 7. The van der Waals surface area contributed by atoms with Gasteiger partial charge >= 0.3 is 0 Å². The van der Waals surface area contributed by atoms with Crippen molar-refractivity contribution in [3.63, 3.8) is 0 Å². The number of methoxy groups -OCH3 is 1. The number of aromatic nitrogens is 2. The van der Waals surface area contributed by atoms with E-state index in [9.17, 15) is 4.79 Å². The molecule has 3 aromatic carbocycles. The summed E-state index contributed by atoms with van der Waals surface area (Å²) < 4.78 is 7.11. The van der Waals surface area contributed by atoms with Crippen molar-refractivity contribution in [2.45, 2.75) is 23.4 Å². The molecule has 7 heteroatoms. The third-order valence-corrected chi connectivity index (χ3v) is 6.40. The lowest BCUT2D eigenvalue weighted by atomic mass is 10.0. The Bertz CT molecular complexity index is 1230. The van der Waals surface area contributed by atoms with Gasteiger partial charge in [0.25, 0.3) is 0 Å². The van der Waals surface area contributed by atoms with Gasteiger partial charge < -0.3 is 4.74 Å². The first kappa shape index (κ1) is 22.5. The molecule has 0 spiro atoms. The quantitative estimate of drug-likeness (QED) is 0.267. The van der Waals surface area contributed by atoms with Crippen LogP contribution in [-0.2, 0) is 6.54 Å². The molecule has 0 unspecified atom stereocenters. The van der Waals surface area contributed by atoms with Gasteiger partial charge in [0.2, 0.25) is 0 Å². The molecule has 0 atom stereocenters. The Morgan fingerprint density at radius 3 is 2.28 bits per heavy atom. The predicted octanol–water partition coefficient (Wildman–Crippen LogP) is 6.94. The lowest BCUT2D eigenvalue weighted by Gasteiger charge is -2.11. The Balaban J connectivity index is 1.78. The van der Waals surface area contributed by atoms with E-state index in [0.717, 1.165) is 21.2 Å². The number of hydrogen-bond donors (Lipinski definition) is 0. The van der Waals surface area contributed by atoms with Gasteiger partial charge in [-0.2, -0.15) is 5.10 Å². The predicted molar refractivity (Wildman–Crippen MR) is 130 cm³/mol. The molecule has 32 heavy (non-hydrogen) atoms. The van der Waals surface area contributed by atoms with E-state index in [0.29, 0.717) is 33.4 Å². The number of aryl methyl sites for hydroxylation is 1. The van der Waals surface area contributed by atoms with E-state index in [1.807, 2.05) is 78.3 Å². The van der Waals surface area contributed by atoms with Gasteiger partial charge in [0.15, 0.2) is 5.78 Å². The fourth-order valence-electron chi connectivity index (χ4n) is 3.37. The van der Waals surface area contributed by atoms with Crippen LogP contribution in [0.3, 0.4) is 0 Å². The van der Waals surface area contributed by atoms with Crippen LogP contribution in [0.5, 0.6) is 5.75 Å². The van der Waals surface area contributed by atoms with E-state index >= 15 is 0 Å². The van der Waals surface area contributed by atoms with Gasteiger partial charge in [0.05, 0.1) is 24.9 Å². The second-order valence-electron chi connectivity index (χ2n) is 7.17. The zero-order valence-electron chi connectivity index (χ0n) is 17.5. The average molecular weight is 483 g/mol. The van der Waals surface area contributed by atoms with Crippen LogP contribution >= 0.6 is 35.0 Å². The second-order valence-corrected chi connectivity index (χ2v) is 9.11. The third-order valence-electron chi connectivity index (χ3n) is 4.89. The number of ether oxygens (including phenoxy) is 1. The Morgan fingerprint density at radius 2 is 1.66 bits per heavy atom. The zero-order chi connectivity index (χ0) is 22.7. The Hall–Kier alpha value is -2.73. The van der Waals surface area contributed by atoms with E-state index in [1.54, 1.807) is 13.2 Å². The van der Waals surface area contributed by atoms with Gasteiger partial charge in [-0.05, 0) is 42.8 Å². The molecule has 4 rings (SSSR count). The molecule has 0 aliphatic carbocycles. The standard InChI is InChI=1S/C25H20Cl2N2O2S/c1-16-23(24(30)18-6-4-3-5-7-18)25(32-22-13-19(26)12-20(27)14-22)29(28-16)15-17-8-10-21(31-2)11-9-17/h3-14H,15H2,1-2H3. The number of halogens is 2. The van der Waals surface area contributed by atoms with Crippen LogP contribution in [0.4, 0.5) is 0 Å². The van der Waals surface area contributed by atoms with Crippen LogP contribution in [0.1, 0.15) is 27.2 Å². The third kappa shape index (κ3) is 5.01. The minimum absolute atomic E-state index is 0.0697. The summed E-state index contributed by atoms with van der Waals surface area (Å²) in [5.41, 5.74) is 2.90. The second kappa shape index (κ2) is 9.82. The molecule has 0 aliphatic rings. The molecular formula is C25H20Cl2N2O2S. The maximum Gasteiger partial charge on any atom is 0.197 e. The number of benzene rings is 3. The Labute approximate surface area is 201 Å². The molecule has 0 saturated carbocycles. The van der Waals surface area contributed by atoms with Gasteiger partial charge in [-0.1, -0.05) is 77.4 Å². The smallest absolute Gasteiger partial charge is 0.197 e. The lowest BCUT2D eigenvalue weighted by Crippen LogP contribution is -2.06. The van der Waals surface area contributed by atoms with Crippen LogP contribution in [0, 0.1) is 6.92 Å². The summed E-state index contributed by atoms with van der Waals surface area (Å²) in [7, 11) is 1.64. The van der Waals surface area contributed by atoms with E-state index < -0.39 is 0 Å². The molecule has 0 fully saturated rings. The van der Waals surface area contributed by atoms with E-state index in [4.69, 9.17) is 33.0 Å². The Kier molecular flexibility index (Phi) is 6.89. The molecule has 0 saturated heterocycles. The van der Waals surface area contributed by atoms with Crippen molar-refractivity contribution in [1.29, 1.82) is 0 Å². The molecule has 162 valence electrons. The van der Waals surface area contributed by atoms with Crippen molar-refractivity contribution in [2.75, 3.05) is 7.11 Å². The van der Waals surface area contributed by atoms with Crippen molar-refractivity contribution in [3.8, 4) is 5.75 Å². The molecule has 0 amide bonds. The van der Waals surface area contributed by atoms with Gasteiger partial charge in [-0.3, -0.25) is 9.48 Å². The van der Waals surface area contributed by atoms with Gasteiger partial charge in [-0.15, -0.1) is 0 Å². The molecule has 4 nitrogen and oxygen atoms in total. The van der Waals surface area contributed by atoms with Crippen LogP contribution in [-0.4, -0.2) is 22.7 Å². The summed E-state index contributed by atoms with van der Waals surface area (Å²) in [5.74, 6) is 0.716. The van der Waals surface area contributed by atoms with E-state index in [-0.39, 0.29) is 5.78 Å². The summed E-state index contributed by atoms with van der Waals surface area (Å²) in [5, 5.41) is 6.53. The minimum atomic E-state index is -0.0697. The molecule has 1 aromatic heterocycles. The first-order valence-corrected chi connectivity index (χ1v) is 11.5. The summed E-state index contributed by atoms with van der Waals surface area (Å²) in [6.45, 7) is 2.36. The number of nitrogens with zero attached hydrogens (tertiary/aromatic N) is 2. The van der Waals surface area contributed by atoms with Crippen molar-refractivity contribution < 1.29 is 9.53 Å². The van der Waals surface area contributed by atoms with Crippen molar-refractivity contribution in [3.05, 3.63) is 105 Å². The van der Waals surface area contributed by atoms with Gasteiger partial charge in [0.1, 0.15) is 10.8 Å². The summed E-state index contributed by atoms with van der Waals surface area (Å²) in [6.07, 6.45) is 0. The summed E-state index contributed by atoms with van der Waals surface area (Å²) in [4.78, 5) is 14.3. The molecule has 4 aromatic rings. The number of hydrogen-bond acceptors (Lipinski definition) is 4. The molecule has 0 N–H and O–H groups in total. The van der Waals surface area contributed by atoms with Crippen LogP contribution < -0.4 is 4.74 Å². The largest absolute Gasteiger partial charge is 0.497 e. The highest BCUT2D eigenvalue weighted by Gasteiger charge is 2.24. The summed E-state index contributed by atoms with van der Waals surface area (Å²) >= 11 is 13.9. The molecular weight excluding hydrogens is 463 g/mol. The molecule has 0 aliphatic heterocycles. The summed E-state index contributed by atoms with van der Waals surface area (Å²) in [6, 6.07) is 22.4. The van der Waals surface area contributed by atoms with E-state index in [2.05, 4.69) is 0 Å². The first-order valence-electron chi connectivity index (χ1n) is 9.88. The number of carbonyl (C=O) groups excluding carboxylic acids is 1. The maximum absolute atomic E-state index is 13.4. The lowest BCUT2D eigenvalue weighted by molar-refractivity contribution is 0.103. The average Bonchev–Trinajstić information content (AvgIpc) is 3.08. The maximum atomic E-state index is 13.4. The molecule has 0 bridgehead atoms. The monoisotopic (exact) mass is 482 g/mol. The normalized spacial score (nSPS) is 10.9. The van der Waals surface area contributed by atoms with E-state index in [1.165, 1.54) is 11.8 Å². The number of carbonyl (C=O) groups is 1. The SMILES string of the molecule is COc1ccc(Cn2nc(C)c(C(=O)c3ccccc3)c2Sc2cc(Cl)cc(Cl)c2)cc1. The fourth-order valence-corrected chi connectivity index (χ4v) is 5.17. The van der Waals surface area contributed by atoms with Crippen molar-refractivity contribution >= 4 is 40.7 Å². The highest BCUT2D eigenvalue weighted by atomic mass is 35.5. The van der Waals surface area contributed by atoms with Crippen molar-refractivity contribution in [2.24, 2.45) is 0 Å². The van der Waals surface area contributed by atoms with Crippen LogP contribution in [0.15, 0.2) is 82.7 Å². The number of ketones is 1. The van der Waals surface area contributed by atoms with Gasteiger partial charge in [-0.25, -0.2) is 0 Å². The van der Waals surface area contributed by atoms with Crippen LogP contribution in [0.25, 0.3) is 0 Å². The van der Waals surface area contributed by atoms with Crippen molar-refractivity contribution in [1.82, 2.24) is 9.78 Å². The van der Waals surface area contributed by atoms with Gasteiger partial charge in [0, 0.05) is 20.5 Å². The highest BCUT2D eigenvalue weighted by Crippen LogP contribution is 2.36. The zero-order valence-corrected chi connectivity index (χ0v) is 19.8. The first-order chi connectivity index (χ1) is 15.4. The molecule has 1 heterocycles. The Morgan fingerprint density at radius 1 is 1.00 bits per heavy atom. The van der Waals surface area contributed by atoms with Crippen LogP contribution in [0.2, 0.25) is 10.0 Å². The minimum Gasteiger partial charge on any atom is -0.497 e. The molecule has 0 radical (unpaired) electrons. The fraction of sp³-hybridized carbons (Fsp3) is 0.120. The highest BCUT2D eigenvalue weighted by molar-refractivity contribution is 7.99. The topological polar surface area (TPSA) is 44.1 Å².